The van der Waals surface area contributed by atoms with E-state index in [2.05, 4.69) is 31.2 Å². The molecule has 0 amide bonds. The smallest absolute Gasteiger partial charge is 0.138 e. The van der Waals surface area contributed by atoms with Crippen LogP contribution in [0.25, 0.3) is 0 Å². The minimum Gasteiger partial charge on any atom is -0.339 e. The molecular formula is C15H16BrClFN3. The van der Waals surface area contributed by atoms with Gasteiger partial charge in [-0.2, -0.15) is 0 Å². The fraction of sp³-hybridized carbons (Fsp3) is 0.333. The van der Waals surface area contributed by atoms with Gasteiger partial charge >= 0.3 is 0 Å². The van der Waals surface area contributed by atoms with Crippen molar-refractivity contribution < 1.29 is 4.39 Å². The summed E-state index contributed by atoms with van der Waals surface area (Å²) in [4.78, 5) is 8.84. The van der Waals surface area contributed by atoms with Crippen LogP contribution in [-0.2, 0) is 5.41 Å². The van der Waals surface area contributed by atoms with Crippen molar-refractivity contribution in [1.29, 1.82) is 0 Å². The van der Waals surface area contributed by atoms with Crippen molar-refractivity contribution in [2.75, 3.05) is 5.32 Å². The van der Waals surface area contributed by atoms with E-state index in [-0.39, 0.29) is 11.2 Å². The lowest BCUT2D eigenvalue weighted by molar-refractivity contribution is 0.545. The molecule has 1 aromatic carbocycles. The maximum atomic E-state index is 13.4. The molecule has 0 aliphatic rings. The van der Waals surface area contributed by atoms with Crippen LogP contribution >= 0.6 is 27.5 Å². The second-order valence-corrected chi connectivity index (χ2v) is 7.02. The van der Waals surface area contributed by atoms with Gasteiger partial charge < -0.3 is 5.32 Å². The maximum Gasteiger partial charge on any atom is 0.138 e. The third-order valence-electron chi connectivity index (χ3n) is 2.94. The third-order valence-corrected chi connectivity index (χ3v) is 4.00. The van der Waals surface area contributed by atoms with Gasteiger partial charge in [-0.15, -0.1) is 0 Å². The van der Waals surface area contributed by atoms with E-state index in [0.717, 1.165) is 10.0 Å². The van der Waals surface area contributed by atoms with E-state index in [4.69, 9.17) is 11.6 Å². The van der Waals surface area contributed by atoms with E-state index < -0.39 is 0 Å². The molecule has 0 unspecified atom stereocenters. The lowest BCUT2D eigenvalue weighted by atomic mass is 9.95. The molecular weight excluding hydrogens is 357 g/mol. The Morgan fingerprint density at radius 3 is 2.52 bits per heavy atom. The molecule has 1 heterocycles. The van der Waals surface area contributed by atoms with Gasteiger partial charge in [0.2, 0.25) is 0 Å². The molecule has 0 radical (unpaired) electrons. The minimum atomic E-state index is -0.324. The van der Waals surface area contributed by atoms with Crippen LogP contribution in [0.5, 0.6) is 0 Å². The average molecular weight is 373 g/mol. The first-order chi connectivity index (χ1) is 9.68. The first-order valence-electron chi connectivity index (χ1n) is 6.45. The molecule has 21 heavy (non-hydrogen) atoms. The van der Waals surface area contributed by atoms with Gasteiger partial charge in [-0.3, -0.25) is 0 Å². The SMILES string of the molecule is Cc1c(Cl)nc(C(C)(C)C)nc1Nc1cc(F)ccc1Br. The quantitative estimate of drug-likeness (QED) is 0.719. The monoisotopic (exact) mass is 371 g/mol. The summed E-state index contributed by atoms with van der Waals surface area (Å²) >= 11 is 9.57. The van der Waals surface area contributed by atoms with Crippen LogP contribution < -0.4 is 5.32 Å². The van der Waals surface area contributed by atoms with Crippen molar-refractivity contribution in [2.45, 2.75) is 33.1 Å². The Labute approximate surface area is 137 Å². The summed E-state index contributed by atoms with van der Waals surface area (Å²) in [5.41, 5.74) is 1.08. The highest BCUT2D eigenvalue weighted by atomic mass is 79.9. The van der Waals surface area contributed by atoms with E-state index in [1.165, 1.54) is 12.1 Å². The first kappa shape index (κ1) is 16.2. The number of benzene rings is 1. The second kappa shape index (κ2) is 5.89. The predicted molar refractivity (Wildman–Crippen MR) is 87.9 cm³/mol. The topological polar surface area (TPSA) is 37.8 Å². The lowest BCUT2D eigenvalue weighted by Gasteiger charge is -2.19. The Kier molecular flexibility index (Phi) is 4.54. The molecule has 0 aliphatic heterocycles. The number of nitrogens with zero attached hydrogens (tertiary/aromatic N) is 2. The average Bonchev–Trinajstić information content (AvgIpc) is 2.37. The molecule has 0 bridgehead atoms. The Morgan fingerprint density at radius 2 is 1.90 bits per heavy atom. The third kappa shape index (κ3) is 3.71. The van der Waals surface area contributed by atoms with Gasteiger partial charge in [-0.1, -0.05) is 32.4 Å². The largest absolute Gasteiger partial charge is 0.339 e. The van der Waals surface area contributed by atoms with Gasteiger partial charge in [0.15, 0.2) is 0 Å². The zero-order valence-electron chi connectivity index (χ0n) is 12.3. The van der Waals surface area contributed by atoms with Crippen molar-refractivity contribution in [1.82, 2.24) is 9.97 Å². The predicted octanol–water partition coefficient (Wildman–Crippen LogP) is 5.38. The fourth-order valence-electron chi connectivity index (χ4n) is 1.67. The van der Waals surface area contributed by atoms with Gasteiger partial charge in [0.1, 0.15) is 22.6 Å². The lowest BCUT2D eigenvalue weighted by Crippen LogP contribution is -2.17. The Hall–Kier alpha value is -1.20. The normalized spacial score (nSPS) is 11.6. The van der Waals surface area contributed by atoms with Gasteiger partial charge in [-0.25, -0.2) is 14.4 Å². The molecule has 3 nitrogen and oxygen atoms in total. The summed E-state index contributed by atoms with van der Waals surface area (Å²) in [7, 11) is 0. The van der Waals surface area contributed by atoms with E-state index in [0.29, 0.717) is 22.5 Å². The van der Waals surface area contributed by atoms with Crippen molar-refractivity contribution in [3.8, 4) is 0 Å². The molecule has 6 heteroatoms. The molecule has 1 N–H and O–H groups in total. The number of anilines is 2. The van der Waals surface area contributed by atoms with E-state index >= 15 is 0 Å². The zero-order chi connectivity index (χ0) is 15.8. The molecule has 0 saturated heterocycles. The van der Waals surface area contributed by atoms with Crippen LogP contribution in [0, 0.1) is 12.7 Å². The fourth-order valence-corrected chi connectivity index (χ4v) is 2.18. The summed E-state index contributed by atoms with van der Waals surface area (Å²) < 4.78 is 14.1. The molecule has 0 atom stereocenters. The number of halogens is 3. The first-order valence-corrected chi connectivity index (χ1v) is 7.62. The highest BCUT2D eigenvalue weighted by Gasteiger charge is 2.21. The van der Waals surface area contributed by atoms with Gasteiger partial charge in [0, 0.05) is 15.5 Å². The van der Waals surface area contributed by atoms with Crippen LogP contribution in [0.1, 0.15) is 32.2 Å². The van der Waals surface area contributed by atoms with E-state index in [1.54, 1.807) is 6.07 Å². The summed E-state index contributed by atoms with van der Waals surface area (Å²) in [6.07, 6.45) is 0. The number of nitrogens with one attached hydrogen (secondary N) is 1. The molecule has 1 aromatic heterocycles. The molecule has 0 spiro atoms. The van der Waals surface area contributed by atoms with Crippen LogP contribution in [0.2, 0.25) is 5.15 Å². The second-order valence-electron chi connectivity index (χ2n) is 5.81. The number of hydrogen-bond acceptors (Lipinski definition) is 3. The van der Waals surface area contributed by atoms with Gasteiger partial charge in [0.05, 0.1) is 5.69 Å². The molecule has 0 saturated carbocycles. The Morgan fingerprint density at radius 1 is 1.24 bits per heavy atom. The van der Waals surface area contributed by atoms with Crippen molar-refractivity contribution >= 4 is 39.0 Å². The van der Waals surface area contributed by atoms with Crippen LogP contribution in [0.4, 0.5) is 15.9 Å². The van der Waals surface area contributed by atoms with Crippen molar-refractivity contribution in [2.24, 2.45) is 0 Å². The maximum absolute atomic E-state index is 13.4. The van der Waals surface area contributed by atoms with Crippen LogP contribution in [0.3, 0.4) is 0 Å². The zero-order valence-corrected chi connectivity index (χ0v) is 14.6. The standard InChI is InChI=1S/C15H16BrClFN3/c1-8-12(17)20-14(15(2,3)4)21-13(8)19-11-7-9(18)5-6-10(11)16/h5-7H,1-4H3,(H,19,20,21). The van der Waals surface area contributed by atoms with Crippen LogP contribution in [0.15, 0.2) is 22.7 Å². The number of hydrogen-bond donors (Lipinski definition) is 1. The molecule has 2 rings (SSSR count). The molecule has 0 aliphatic carbocycles. The summed E-state index contributed by atoms with van der Waals surface area (Å²) in [5.74, 6) is 0.883. The molecule has 112 valence electrons. The number of rotatable bonds is 2. The highest BCUT2D eigenvalue weighted by molar-refractivity contribution is 9.10. The van der Waals surface area contributed by atoms with Crippen molar-refractivity contribution in [3.63, 3.8) is 0 Å². The Bertz CT molecular complexity index is 683. The summed E-state index contributed by atoms with van der Waals surface area (Å²) in [5, 5.41) is 3.51. The minimum absolute atomic E-state index is 0.229. The Balaban J connectivity index is 2.49. The number of aromatic nitrogens is 2. The molecule has 2 aromatic rings. The van der Waals surface area contributed by atoms with Gasteiger partial charge in [-0.05, 0) is 41.1 Å². The highest BCUT2D eigenvalue weighted by Crippen LogP contribution is 2.31. The summed E-state index contributed by atoms with van der Waals surface area (Å²) in [6.45, 7) is 7.85. The summed E-state index contributed by atoms with van der Waals surface area (Å²) in [6, 6.07) is 4.42. The van der Waals surface area contributed by atoms with Gasteiger partial charge in [0.25, 0.3) is 0 Å². The van der Waals surface area contributed by atoms with E-state index in [1.807, 2.05) is 27.7 Å². The van der Waals surface area contributed by atoms with Crippen molar-refractivity contribution in [3.05, 3.63) is 45.0 Å². The van der Waals surface area contributed by atoms with E-state index in [9.17, 15) is 4.39 Å². The van der Waals surface area contributed by atoms with Crippen LogP contribution in [-0.4, -0.2) is 9.97 Å². The molecule has 0 fully saturated rings.